The fraction of sp³-hybridized carbons (Fsp3) is 0.800. The summed E-state index contributed by atoms with van der Waals surface area (Å²) in [6.07, 6.45) is 7.58. The minimum absolute atomic E-state index is 0.417. The zero-order valence-electron chi connectivity index (χ0n) is 11.2. The molecule has 3 rings (SSSR count). The van der Waals surface area contributed by atoms with E-state index in [1.807, 2.05) is 6.08 Å². The van der Waals surface area contributed by atoms with Crippen LogP contribution >= 0.6 is 0 Å². The number of hydrogen-bond acceptors (Lipinski definition) is 2. The molecule has 100 valence electrons. The molecule has 18 heavy (non-hydrogen) atoms. The third kappa shape index (κ3) is 2.20. The fourth-order valence-electron chi connectivity index (χ4n) is 4.17. The van der Waals surface area contributed by atoms with Gasteiger partial charge in [0.1, 0.15) is 0 Å². The molecular formula is C15H24N2O. The average Bonchev–Trinajstić information content (AvgIpc) is 2.38. The van der Waals surface area contributed by atoms with Crippen LogP contribution in [0, 0.1) is 11.8 Å². The van der Waals surface area contributed by atoms with Crippen LogP contribution in [0.3, 0.4) is 0 Å². The first-order valence-corrected chi connectivity index (χ1v) is 7.40. The standard InChI is InChI=1S/C15H24N2O/c1-2-3-7-16-9-12-8-13(11-16)14-5-4-6-15(18)17(14)10-12/h2,12-14H,1,3-11H2/t12?,13?,14-/m1/s1. The molecule has 3 aliphatic rings. The van der Waals surface area contributed by atoms with Crippen molar-refractivity contribution < 1.29 is 4.79 Å². The quantitative estimate of drug-likeness (QED) is 0.712. The highest BCUT2D eigenvalue weighted by atomic mass is 16.2. The van der Waals surface area contributed by atoms with Gasteiger partial charge in [0, 0.05) is 38.6 Å². The molecule has 3 saturated heterocycles. The van der Waals surface area contributed by atoms with Crippen molar-refractivity contribution in [2.45, 2.75) is 38.1 Å². The number of piperidine rings is 3. The summed E-state index contributed by atoms with van der Waals surface area (Å²) in [7, 11) is 0. The number of amides is 1. The van der Waals surface area contributed by atoms with Crippen LogP contribution < -0.4 is 0 Å². The zero-order chi connectivity index (χ0) is 12.5. The highest BCUT2D eigenvalue weighted by Crippen LogP contribution is 2.37. The van der Waals surface area contributed by atoms with Gasteiger partial charge < -0.3 is 9.80 Å². The Balaban J connectivity index is 1.68. The summed E-state index contributed by atoms with van der Waals surface area (Å²) in [4.78, 5) is 16.8. The molecule has 3 fully saturated rings. The highest BCUT2D eigenvalue weighted by Gasteiger charge is 2.43. The minimum atomic E-state index is 0.417. The summed E-state index contributed by atoms with van der Waals surface area (Å²) in [5.74, 6) is 1.86. The van der Waals surface area contributed by atoms with Gasteiger partial charge in [-0.05, 0) is 37.5 Å². The molecule has 2 unspecified atom stereocenters. The highest BCUT2D eigenvalue weighted by molar-refractivity contribution is 5.77. The summed E-state index contributed by atoms with van der Waals surface area (Å²) < 4.78 is 0. The molecule has 3 heteroatoms. The number of rotatable bonds is 3. The second-order valence-electron chi connectivity index (χ2n) is 6.20. The van der Waals surface area contributed by atoms with Gasteiger partial charge in [-0.1, -0.05) is 6.08 Å². The van der Waals surface area contributed by atoms with Gasteiger partial charge in [-0.2, -0.15) is 0 Å². The lowest BCUT2D eigenvalue weighted by Gasteiger charge is -2.52. The Labute approximate surface area is 110 Å². The number of likely N-dealkylation sites (tertiary alicyclic amines) is 1. The number of carbonyl (C=O) groups is 1. The molecule has 3 aliphatic heterocycles. The first kappa shape index (κ1) is 12.2. The van der Waals surface area contributed by atoms with E-state index in [4.69, 9.17) is 0 Å². The van der Waals surface area contributed by atoms with Crippen molar-refractivity contribution in [1.82, 2.24) is 9.80 Å². The molecule has 0 aromatic rings. The normalized spacial score (nSPS) is 36.3. The summed E-state index contributed by atoms with van der Waals surface area (Å²) in [6.45, 7) is 8.36. The largest absolute Gasteiger partial charge is 0.339 e. The van der Waals surface area contributed by atoms with Crippen LogP contribution in [0.2, 0.25) is 0 Å². The van der Waals surface area contributed by atoms with E-state index in [1.165, 1.54) is 25.9 Å². The van der Waals surface area contributed by atoms with Crippen LogP contribution in [-0.4, -0.2) is 47.9 Å². The van der Waals surface area contributed by atoms with E-state index in [1.54, 1.807) is 0 Å². The molecule has 0 radical (unpaired) electrons. The van der Waals surface area contributed by atoms with Crippen molar-refractivity contribution in [3.8, 4) is 0 Å². The monoisotopic (exact) mass is 248 g/mol. The molecule has 3 nitrogen and oxygen atoms in total. The van der Waals surface area contributed by atoms with E-state index in [2.05, 4.69) is 16.4 Å². The fourth-order valence-corrected chi connectivity index (χ4v) is 4.17. The van der Waals surface area contributed by atoms with Crippen LogP contribution in [0.5, 0.6) is 0 Å². The third-order valence-corrected chi connectivity index (χ3v) is 4.90. The minimum Gasteiger partial charge on any atom is -0.339 e. The Morgan fingerprint density at radius 2 is 2.22 bits per heavy atom. The van der Waals surface area contributed by atoms with E-state index in [0.29, 0.717) is 17.9 Å². The Kier molecular flexibility index (Phi) is 3.42. The SMILES string of the molecule is C=CCCN1CC2CC(C1)[C@H]1CCCC(=O)N1C2. The summed E-state index contributed by atoms with van der Waals surface area (Å²) in [6, 6.07) is 0.550. The van der Waals surface area contributed by atoms with Gasteiger partial charge in [0.2, 0.25) is 5.91 Å². The lowest BCUT2D eigenvalue weighted by atomic mass is 9.76. The van der Waals surface area contributed by atoms with Crippen molar-refractivity contribution in [2.24, 2.45) is 11.8 Å². The second-order valence-corrected chi connectivity index (χ2v) is 6.20. The predicted octanol–water partition coefficient (Wildman–Crippen LogP) is 1.90. The number of fused-ring (bicyclic) bond motifs is 4. The Bertz CT molecular complexity index is 341. The number of nitrogens with zero attached hydrogens (tertiary/aromatic N) is 2. The van der Waals surface area contributed by atoms with Crippen LogP contribution in [0.1, 0.15) is 32.1 Å². The molecule has 3 heterocycles. The maximum atomic E-state index is 12.0. The zero-order valence-corrected chi connectivity index (χ0v) is 11.2. The lowest BCUT2D eigenvalue weighted by Crippen LogP contribution is -2.60. The maximum absolute atomic E-state index is 12.0. The van der Waals surface area contributed by atoms with Gasteiger partial charge in [-0.15, -0.1) is 6.58 Å². The summed E-state index contributed by atoms with van der Waals surface area (Å²) in [5.41, 5.74) is 0. The first-order valence-electron chi connectivity index (χ1n) is 7.40. The lowest BCUT2D eigenvalue weighted by molar-refractivity contribution is -0.144. The van der Waals surface area contributed by atoms with Crippen molar-refractivity contribution in [3.63, 3.8) is 0 Å². The molecule has 0 aromatic carbocycles. The number of carbonyl (C=O) groups excluding carboxylic acids is 1. The van der Waals surface area contributed by atoms with Gasteiger partial charge in [-0.25, -0.2) is 0 Å². The van der Waals surface area contributed by atoms with Crippen molar-refractivity contribution in [3.05, 3.63) is 12.7 Å². The number of hydrogen-bond donors (Lipinski definition) is 0. The topological polar surface area (TPSA) is 23.6 Å². The van der Waals surface area contributed by atoms with Crippen LogP contribution in [0.15, 0.2) is 12.7 Å². The average molecular weight is 248 g/mol. The molecular weight excluding hydrogens is 224 g/mol. The molecule has 0 spiro atoms. The summed E-state index contributed by atoms with van der Waals surface area (Å²) >= 11 is 0. The Hall–Kier alpha value is -0.830. The smallest absolute Gasteiger partial charge is 0.222 e. The molecule has 3 atom stereocenters. The second kappa shape index (κ2) is 5.04. The van der Waals surface area contributed by atoms with Crippen molar-refractivity contribution in [2.75, 3.05) is 26.2 Å². The predicted molar refractivity (Wildman–Crippen MR) is 72.2 cm³/mol. The van der Waals surface area contributed by atoms with Crippen molar-refractivity contribution >= 4 is 5.91 Å². The summed E-state index contributed by atoms with van der Waals surface area (Å²) in [5, 5.41) is 0. The Morgan fingerprint density at radius 3 is 3.06 bits per heavy atom. The van der Waals surface area contributed by atoms with Crippen molar-refractivity contribution in [1.29, 1.82) is 0 Å². The van der Waals surface area contributed by atoms with Crippen LogP contribution in [0.4, 0.5) is 0 Å². The van der Waals surface area contributed by atoms with E-state index < -0.39 is 0 Å². The van der Waals surface area contributed by atoms with Crippen LogP contribution in [0.25, 0.3) is 0 Å². The molecule has 0 N–H and O–H groups in total. The van der Waals surface area contributed by atoms with Crippen LogP contribution in [-0.2, 0) is 4.79 Å². The van der Waals surface area contributed by atoms with Gasteiger partial charge in [-0.3, -0.25) is 4.79 Å². The maximum Gasteiger partial charge on any atom is 0.222 e. The Morgan fingerprint density at radius 1 is 1.33 bits per heavy atom. The van der Waals surface area contributed by atoms with Gasteiger partial charge in [0.15, 0.2) is 0 Å². The van der Waals surface area contributed by atoms with Gasteiger partial charge in [0.05, 0.1) is 0 Å². The van der Waals surface area contributed by atoms with E-state index in [9.17, 15) is 4.79 Å². The van der Waals surface area contributed by atoms with E-state index >= 15 is 0 Å². The first-order chi connectivity index (χ1) is 8.78. The molecule has 0 saturated carbocycles. The van der Waals surface area contributed by atoms with Gasteiger partial charge in [0.25, 0.3) is 0 Å². The molecule has 1 amide bonds. The van der Waals surface area contributed by atoms with Gasteiger partial charge >= 0.3 is 0 Å². The molecule has 0 aromatic heterocycles. The van der Waals surface area contributed by atoms with E-state index in [-0.39, 0.29) is 0 Å². The molecule has 2 bridgehead atoms. The third-order valence-electron chi connectivity index (χ3n) is 4.90. The van der Waals surface area contributed by atoms with E-state index in [0.717, 1.165) is 38.3 Å². The molecule has 0 aliphatic carbocycles.